The zero-order valence-electron chi connectivity index (χ0n) is 21.9. The second-order valence-corrected chi connectivity index (χ2v) is 12.6. The summed E-state index contributed by atoms with van der Waals surface area (Å²) in [7, 11) is -1.34. The maximum atomic E-state index is 13.3. The van der Waals surface area contributed by atoms with Crippen molar-refractivity contribution in [3.05, 3.63) is 63.1 Å². The summed E-state index contributed by atoms with van der Waals surface area (Å²) in [6.07, 6.45) is 7.48. The topological polar surface area (TPSA) is 100 Å². The van der Waals surface area contributed by atoms with Crippen LogP contribution in [0.2, 0.25) is 0 Å². The van der Waals surface area contributed by atoms with Crippen LogP contribution in [0.25, 0.3) is 0 Å². The van der Waals surface area contributed by atoms with Gasteiger partial charge in [0.05, 0.1) is 58.8 Å². The minimum absolute atomic E-state index is 0.315. The van der Waals surface area contributed by atoms with E-state index in [1.54, 1.807) is 12.3 Å². The first kappa shape index (κ1) is 24.6. The summed E-state index contributed by atoms with van der Waals surface area (Å²) in [4.78, 5) is 13.1. The number of carbonyl (C=O) groups excluding carboxylic acids is 1. The predicted octanol–water partition coefficient (Wildman–Crippen LogP) is 2.98. The zero-order chi connectivity index (χ0) is 26.3. The first-order valence-corrected chi connectivity index (χ1v) is 14.3. The molecule has 3 heterocycles. The van der Waals surface area contributed by atoms with Gasteiger partial charge in [-0.2, -0.15) is 5.10 Å². The molecule has 196 valence electrons. The lowest BCUT2D eigenvalue weighted by Crippen LogP contribution is -2.62. The number of aliphatic hydroxyl groups excluding tert-OH is 1. The molecule has 9 heteroatoms. The molecule has 1 amide bonds. The third-order valence-corrected chi connectivity index (χ3v) is 9.76. The molecule has 1 aromatic carbocycles. The fourth-order valence-electron chi connectivity index (χ4n) is 6.55. The summed E-state index contributed by atoms with van der Waals surface area (Å²) >= 11 is 0. The fourth-order valence-corrected chi connectivity index (χ4v) is 7.45. The van der Waals surface area contributed by atoms with Crippen LogP contribution in [-0.2, 0) is 22.0 Å². The summed E-state index contributed by atoms with van der Waals surface area (Å²) in [6.45, 7) is 11.1. The van der Waals surface area contributed by atoms with Crippen LogP contribution in [0.4, 0.5) is 0 Å². The largest absolute Gasteiger partial charge is 0.477 e. The molecule has 2 N–H and O–H groups in total. The molecule has 2 aliphatic carbocycles. The Kier molecular flexibility index (Phi) is 5.40. The van der Waals surface area contributed by atoms with Crippen molar-refractivity contribution in [3.63, 3.8) is 0 Å². The number of rotatable bonds is 2. The van der Waals surface area contributed by atoms with Crippen LogP contribution in [0.1, 0.15) is 55.4 Å². The molecule has 5 aliphatic rings. The third kappa shape index (κ3) is 3.30. The van der Waals surface area contributed by atoms with E-state index in [4.69, 9.17) is 14.6 Å². The van der Waals surface area contributed by atoms with Crippen LogP contribution in [0.15, 0.2) is 51.5 Å². The molecule has 0 radical (unpaired) electrons. The zero-order valence-corrected chi connectivity index (χ0v) is 22.7. The predicted molar refractivity (Wildman–Crippen MR) is 142 cm³/mol. The van der Waals surface area contributed by atoms with E-state index in [-0.39, 0.29) is 5.91 Å². The number of aliphatic hydroxyl groups is 1. The maximum absolute atomic E-state index is 13.3. The van der Waals surface area contributed by atoms with Crippen molar-refractivity contribution in [1.29, 1.82) is 0 Å². The molecular formula is C28H33N3O5S. The number of nitrogens with zero attached hydrogens (tertiary/aromatic N) is 2. The van der Waals surface area contributed by atoms with Gasteiger partial charge in [-0.15, -0.1) is 0 Å². The molecule has 0 aromatic heterocycles. The molecule has 4 atom stereocenters. The van der Waals surface area contributed by atoms with Gasteiger partial charge in [0.1, 0.15) is 5.75 Å². The summed E-state index contributed by atoms with van der Waals surface area (Å²) in [5, 5.41) is 20.4. The molecule has 8 nitrogen and oxygen atoms in total. The van der Waals surface area contributed by atoms with E-state index in [0.29, 0.717) is 54.5 Å². The van der Waals surface area contributed by atoms with Crippen molar-refractivity contribution < 1.29 is 23.6 Å². The van der Waals surface area contributed by atoms with Gasteiger partial charge in [0.25, 0.3) is 5.91 Å². The summed E-state index contributed by atoms with van der Waals surface area (Å²) in [6, 6.07) is 3.69. The molecule has 1 spiro atoms. The highest BCUT2D eigenvalue weighted by molar-refractivity contribution is 7.89. The highest BCUT2D eigenvalue weighted by Crippen LogP contribution is 2.62. The lowest BCUT2D eigenvalue weighted by Gasteiger charge is -2.59. The van der Waals surface area contributed by atoms with Crippen LogP contribution in [0, 0.1) is 10.8 Å². The Morgan fingerprint density at radius 2 is 1.92 bits per heavy atom. The number of fused-ring (bicyclic) bond motifs is 3. The van der Waals surface area contributed by atoms with Crippen molar-refractivity contribution in [2.24, 2.45) is 15.9 Å². The number of benzene rings is 1. The summed E-state index contributed by atoms with van der Waals surface area (Å²) < 4.78 is 25.9. The smallest absolute Gasteiger partial charge is 0.254 e. The van der Waals surface area contributed by atoms with Crippen molar-refractivity contribution in [1.82, 2.24) is 10.3 Å². The van der Waals surface area contributed by atoms with Gasteiger partial charge in [0.2, 0.25) is 0 Å². The SMILES string of the molecule is CC1=CC=C2C(C)(C)C(=NN3CCOCC3)C(S(C)=O)=CC23Oc2c(ccc4c2C(O)NC4=O)CC13C. The van der Waals surface area contributed by atoms with Gasteiger partial charge in [0, 0.05) is 17.1 Å². The van der Waals surface area contributed by atoms with E-state index >= 15 is 0 Å². The van der Waals surface area contributed by atoms with E-state index < -0.39 is 33.5 Å². The summed E-state index contributed by atoms with van der Waals surface area (Å²) in [5.41, 5.74) is 2.73. The van der Waals surface area contributed by atoms with Crippen LogP contribution >= 0.6 is 0 Å². The Bertz CT molecular complexity index is 1370. The first-order valence-electron chi connectivity index (χ1n) is 12.7. The van der Waals surface area contributed by atoms with Crippen molar-refractivity contribution in [3.8, 4) is 5.75 Å². The quantitative estimate of drug-likeness (QED) is 0.618. The van der Waals surface area contributed by atoms with Crippen molar-refractivity contribution in [2.75, 3.05) is 32.6 Å². The molecule has 37 heavy (non-hydrogen) atoms. The van der Waals surface area contributed by atoms with Gasteiger partial charge >= 0.3 is 0 Å². The van der Waals surface area contributed by atoms with Gasteiger partial charge in [-0.1, -0.05) is 44.6 Å². The van der Waals surface area contributed by atoms with E-state index in [2.05, 4.69) is 45.2 Å². The number of hydrazone groups is 1. The number of carbonyl (C=O) groups is 1. The fraction of sp³-hybridized carbons (Fsp3) is 0.500. The summed E-state index contributed by atoms with van der Waals surface area (Å²) in [5.74, 6) is 0.216. The molecule has 1 fully saturated rings. The number of allylic oxidation sites excluding steroid dienone is 3. The maximum Gasteiger partial charge on any atom is 0.254 e. The average molecular weight is 524 g/mol. The Morgan fingerprint density at radius 1 is 1.19 bits per heavy atom. The number of ether oxygens (including phenoxy) is 2. The Labute approximate surface area is 219 Å². The minimum Gasteiger partial charge on any atom is -0.477 e. The van der Waals surface area contributed by atoms with Crippen molar-refractivity contribution >= 4 is 22.4 Å². The second kappa shape index (κ2) is 8.12. The molecular weight excluding hydrogens is 490 g/mol. The molecule has 0 bridgehead atoms. The number of nitrogens with one attached hydrogen (secondary N) is 1. The number of hydrogen-bond donors (Lipinski definition) is 2. The van der Waals surface area contributed by atoms with Crippen molar-refractivity contribution in [2.45, 2.75) is 45.9 Å². The lowest BCUT2D eigenvalue weighted by molar-refractivity contribution is 0.00680. The highest BCUT2D eigenvalue weighted by Gasteiger charge is 2.63. The average Bonchev–Trinajstić information content (AvgIpc) is 3.14. The molecule has 0 saturated carbocycles. The number of amides is 1. The Balaban J connectivity index is 1.61. The molecule has 1 aromatic rings. The normalized spacial score (nSPS) is 33.6. The Morgan fingerprint density at radius 3 is 2.62 bits per heavy atom. The highest BCUT2D eigenvalue weighted by atomic mass is 32.2. The van der Waals surface area contributed by atoms with Gasteiger partial charge in [-0.3, -0.25) is 14.0 Å². The molecule has 4 unspecified atom stereocenters. The van der Waals surface area contributed by atoms with Gasteiger partial charge < -0.3 is 19.9 Å². The van der Waals surface area contributed by atoms with Crippen LogP contribution in [-0.4, -0.2) is 64.1 Å². The molecule has 6 rings (SSSR count). The van der Waals surface area contributed by atoms with Gasteiger partial charge in [-0.05, 0) is 36.6 Å². The molecule has 1 saturated heterocycles. The van der Waals surface area contributed by atoms with Crippen LogP contribution in [0.3, 0.4) is 0 Å². The monoisotopic (exact) mass is 523 g/mol. The van der Waals surface area contributed by atoms with E-state index in [1.807, 2.05) is 17.2 Å². The van der Waals surface area contributed by atoms with E-state index in [0.717, 1.165) is 22.4 Å². The first-order chi connectivity index (χ1) is 17.5. The second-order valence-electron chi connectivity index (χ2n) is 11.3. The van der Waals surface area contributed by atoms with E-state index in [1.165, 1.54) is 0 Å². The Hall–Kier alpha value is -2.75. The van der Waals surface area contributed by atoms with Gasteiger partial charge in [0.15, 0.2) is 11.8 Å². The lowest BCUT2D eigenvalue weighted by atomic mass is 9.52. The number of hydrogen-bond acceptors (Lipinski definition) is 7. The molecule has 3 aliphatic heterocycles. The number of morpholine rings is 1. The van der Waals surface area contributed by atoms with E-state index in [9.17, 15) is 14.1 Å². The van der Waals surface area contributed by atoms with Crippen LogP contribution < -0.4 is 10.1 Å². The van der Waals surface area contributed by atoms with Gasteiger partial charge in [-0.25, -0.2) is 0 Å². The standard InChI is InChI=1S/C28H33N3O5S/c1-16-6-9-20-26(2,3)23(30-31-10-12-35-13-11-31)19(37(5)34)15-28(20)27(16,4)14-17-7-8-18-21(22(17)36-28)25(33)29-24(18)32/h6-9,15,25,33H,10-14H2,1-5H3,(H,29,32). The van der Waals surface area contributed by atoms with Crippen LogP contribution in [0.5, 0.6) is 5.75 Å². The minimum atomic E-state index is -1.34. The third-order valence-electron chi connectivity index (χ3n) is 8.83.